The molecule has 0 aliphatic heterocycles. The van der Waals surface area contributed by atoms with Crippen LogP contribution in [-0.2, 0) is 20.0 Å². The Labute approximate surface area is 154 Å². The van der Waals surface area contributed by atoms with Gasteiger partial charge in [-0.15, -0.1) is 0 Å². The fourth-order valence-electron chi connectivity index (χ4n) is 1.89. The Kier molecular flexibility index (Phi) is 6.71. The molecule has 0 aliphatic carbocycles. The normalized spacial score (nSPS) is 11.4. The molecule has 0 unspecified atom stereocenters. The quantitative estimate of drug-likeness (QED) is 0.701. The van der Waals surface area contributed by atoms with Gasteiger partial charge in [-0.2, -0.15) is 4.72 Å². The SMILES string of the molecule is C=C(C#CCNS(=O)(=O)c1ccccc1)CNS(=O)(=O)c1ccccc1. The van der Waals surface area contributed by atoms with Crippen LogP contribution in [0.5, 0.6) is 0 Å². The van der Waals surface area contributed by atoms with Crippen molar-refractivity contribution in [2.24, 2.45) is 0 Å². The van der Waals surface area contributed by atoms with Crippen molar-refractivity contribution in [3.63, 3.8) is 0 Å². The third-order valence-electron chi connectivity index (χ3n) is 3.20. The molecule has 0 bridgehead atoms. The second-order valence-corrected chi connectivity index (χ2v) is 8.71. The van der Waals surface area contributed by atoms with Crippen molar-refractivity contribution in [2.45, 2.75) is 9.79 Å². The van der Waals surface area contributed by atoms with Gasteiger partial charge in [0.05, 0.1) is 16.3 Å². The van der Waals surface area contributed by atoms with E-state index in [9.17, 15) is 16.8 Å². The molecule has 0 fully saturated rings. The minimum atomic E-state index is -3.64. The second kappa shape index (κ2) is 8.78. The molecule has 2 aromatic rings. The standard InChI is InChI=1S/C18H18N2O4S2/c1-16(15-20-26(23,24)18-12-6-3-7-13-18)9-8-14-19-25(21,22)17-10-4-2-5-11-17/h2-7,10-13,19-20H,1,14-15H2. The maximum Gasteiger partial charge on any atom is 0.241 e. The summed E-state index contributed by atoms with van der Waals surface area (Å²) in [6, 6.07) is 15.9. The third-order valence-corrected chi connectivity index (χ3v) is 6.03. The van der Waals surface area contributed by atoms with Crippen LogP contribution in [0, 0.1) is 11.8 Å². The van der Waals surface area contributed by atoms with E-state index < -0.39 is 20.0 Å². The molecule has 2 rings (SSSR count). The summed E-state index contributed by atoms with van der Waals surface area (Å²) in [7, 11) is -7.26. The first-order chi connectivity index (χ1) is 12.3. The van der Waals surface area contributed by atoms with Gasteiger partial charge in [0.15, 0.2) is 0 Å². The molecular weight excluding hydrogens is 372 g/mol. The van der Waals surface area contributed by atoms with E-state index >= 15 is 0 Å². The van der Waals surface area contributed by atoms with Crippen molar-refractivity contribution in [3.8, 4) is 11.8 Å². The van der Waals surface area contributed by atoms with Crippen molar-refractivity contribution < 1.29 is 16.8 Å². The van der Waals surface area contributed by atoms with Crippen molar-refractivity contribution in [3.05, 3.63) is 72.8 Å². The zero-order valence-corrected chi connectivity index (χ0v) is 15.5. The van der Waals surface area contributed by atoms with Crippen molar-refractivity contribution in [1.82, 2.24) is 9.44 Å². The zero-order chi connectivity index (χ0) is 19.0. The van der Waals surface area contributed by atoms with Crippen LogP contribution < -0.4 is 9.44 Å². The lowest BCUT2D eigenvalue weighted by Crippen LogP contribution is -2.25. The molecule has 2 N–H and O–H groups in total. The summed E-state index contributed by atoms with van der Waals surface area (Å²) in [6.07, 6.45) is 0. The van der Waals surface area contributed by atoms with E-state index in [1.54, 1.807) is 36.4 Å². The third kappa shape index (κ3) is 5.82. The molecule has 2 aromatic carbocycles. The number of hydrogen-bond acceptors (Lipinski definition) is 4. The van der Waals surface area contributed by atoms with Crippen LogP contribution in [0.4, 0.5) is 0 Å². The van der Waals surface area contributed by atoms with E-state index in [4.69, 9.17) is 0 Å². The minimum absolute atomic E-state index is 0.0599. The average Bonchev–Trinajstić information content (AvgIpc) is 2.65. The molecule has 26 heavy (non-hydrogen) atoms. The van der Waals surface area contributed by atoms with E-state index in [1.165, 1.54) is 24.3 Å². The highest BCUT2D eigenvalue weighted by Crippen LogP contribution is 2.07. The lowest BCUT2D eigenvalue weighted by atomic mass is 10.3. The molecule has 0 amide bonds. The van der Waals surface area contributed by atoms with Gasteiger partial charge in [-0.25, -0.2) is 21.6 Å². The summed E-state index contributed by atoms with van der Waals surface area (Å²) < 4.78 is 52.9. The smallest absolute Gasteiger partial charge is 0.207 e. The Morgan fingerprint density at radius 3 is 1.77 bits per heavy atom. The largest absolute Gasteiger partial charge is 0.241 e. The van der Waals surface area contributed by atoms with Gasteiger partial charge >= 0.3 is 0 Å². The summed E-state index contributed by atoms with van der Waals surface area (Å²) in [5.41, 5.74) is 0.323. The van der Waals surface area contributed by atoms with Gasteiger partial charge in [0, 0.05) is 12.1 Å². The summed E-state index contributed by atoms with van der Waals surface area (Å²) in [5, 5.41) is 0. The molecule has 0 saturated heterocycles. The van der Waals surface area contributed by atoms with Crippen LogP contribution in [-0.4, -0.2) is 29.9 Å². The maximum atomic E-state index is 12.1. The lowest BCUT2D eigenvalue weighted by molar-refractivity contribution is 0.584. The van der Waals surface area contributed by atoms with Gasteiger partial charge in [0.2, 0.25) is 20.0 Å². The molecule has 8 heteroatoms. The molecule has 0 atom stereocenters. The van der Waals surface area contributed by atoms with Crippen LogP contribution in [0.3, 0.4) is 0 Å². The van der Waals surface area contributed by atoms with Crippen LogP contribution in [0.15, 0.2) is 82.6 Å². The summed E-state index contributed by atoms with van der Waals surface area (Å²) >= 11 is 0. The van der Waals surface area contributed by atoms with E-state index in [2.05, 4.69) is 27.9 Å². The Morgan fingerprint density at radius 2 is 1.27 bits per heavy atom. The van der Waals surface area contributed by atoms with E-state index in [0.717, 1.165) is 0 Å². The number of rotatable bonds is 7. The summed E-state index contributed by atoms with van der Waals surface area (Å²) in [5.74, 6) is 5.24. The number of sulfonamides is 2. The zero-order valence-electron chi connectivity index (χ0n) is 13.8. The molecule has 0 saturated carbocycles. The molecule has 0 heterocycles. The molecule has 0 aliphatic rings. The Morgan fingerprint density at radius 1 is 0.808 bits per heavy atom. The Bertz CT molecular complexity index is 1020. The van der Waals surface area contributed by atoms with Crippen LogP contribution in [0.2, 0.25) is 0 Å². The van der Waals surface area contributed by atoms with Crippen molar-refractivity contribution in [1.29, 1.82) is 0 Å². The maximum absolute atomic E-state index is 12.1. The van der Waals surface area contributed by atoms with Gasteiger partial charge in [-0.05, 0) is 24.3 Å². The molecule has 0 spiro atoms. The van der Waals surface area contributed by atoms with E-state index in [0.29, 0.717) is 5.57 Å². The van der Waals surface area contributed by atoms with Crippen LogP contribution in [0.25, 0.3) is 0 Å². The monoisotopic (exact) mass is 390 g/mol. The lowest BCUT2D eigenvalue weighted by Gasteiger charge is -2.05. The van der Waals surface area contributed by atoms with Gasteiger partial charge < -0.3 is 0 Å². The first-order valence-corrected chi connectivity index (χ1v) is 10.5. The molecule has 0 aromatic heterocycles. The van der Waals surface area contributed by atoms with Crippen molar-refractivity contribution in [2.75, 3.05) is 13.1 Å². The van der Waals surface area contributed by atoms with Crippen LogP contribution in [0.1, 0.15) is 0 Å². The number of benzene rings is 2. The average molecular weight is 390 g/mol. The van der Waals surface area contributed by atoms with Gasteiger partial charge in [-0.3, -0.25) is 0 Å². The van der Waals surface area contributed by atoms with Crippen LogP contribution >= 0.6 is 0 Å². The molecule has 0 radical (unpaired) electrons. The number of hydrogen-bond donors (Lipinski definition) is 2. The fraction of sp³-hybridized carbons (Fsp3) is 0.111. The van der Waals surface area contributed by atoms with E-state index in [-0.39, 0.29) is 22.9 Å². The Balaban J connectivity index is 1.86. The highest BCUT2D eigenvalue weighted by molar-refractivity contribution is 7.89. The highest BCUT2D eigenvalue weighted by Gasteiger charge is 2.13. The predicted molar refractivity (Wildman–Crippen MR) is 100 cm³/mol. The molecular formula is C18H18N2O4S2. The van der Waals surface area contributed by atoms with Crippen molar-refractivity contribution >= 4 is 20.0 Å². The first-order valence-electron chi connectivity index (χ1n) is 7.57. The minimum Gasteiger partial charge on any atom is -0.207 e. The highest BCUT2D eigenvalue weighted by atomic mass is 32.2. The summed E-state index contributed by atoms with van der Waals surface area (Å²) in [6.45, 7) is 3.50. The first kappa shape index (κ1) is 19.9. The van der Waals surface area contributed by atoms with Gasteiger partial charge in [0.25, 0.3) is 0 Å². The number of nitrogens with one attached hydrogen (secondary N) is 2. The van der Waals surface area contributed by atoms with E-state index in [1.807, 2.05) is 0 Å². The molecule has 6 nitrogen and oxygen atoms in total. The predicted octanol–water partition coefficient (Wildman–Crippen LogP) is 1.50. The molecule has 136 valence electrons. The Hall–Kier alpha value is -2.44. The second-order valence-electron chi connectivity index (χ2n) is 5.18. The van der Waals surface area contributed by atoms with Gasteiger partial charge in [0.1, 0.15) is 0 Å². The van der Waals surface area contributed by atoms with Gasteiger partial charge in [-0.1, -0.05) is 54.8 Å². The fourth-order valence-corrected chi connectivity index (χ4v) is 3.88. The summed E-state index contributed by atoms with van der Waals surface area (Å²) in [4.78, 5) is 0.299. The topological polar surface area (TPSA) is 92.3 Å².